The Balaban J connectivity index is 1.04. The summed E-state index contributed by atoms with van der Waals surface area (Å²) in [4.78, 5) is 55.6. The fourth-order valence-electron chi connectivity index (χ4n) is 10.2. The van der Waals surface area contributed by atoms with Crippen molar-refractivity contribution in [1.82, 2.24) is 19.8 Å². The monoisotopic (exact) mass is 713 g/mol. The number of carbonyl (C=O) groups excluding carboxylic acids is 3. The first-order valence-electron chi connectivity index (χ1n) is 18.2. The number of hydrogen-bond acceptors (Lipinski definition) is 13. The molecule has 0 spiro atoms. The van der Waals surface area contributed by atoms with Crippen LogP contribution in [0.1, 0.15) is 65.7 Å². The van der Waals surface area contributed by atoms with E-state index >= 15 is 0 Å². The molecule has 8 atom stereocenters. The molecule has 3 saturated carbocycles. The molecule has 0 aromatic carbocycles. The van der Waals surface area contributed by atoms with Gasteiger partial charge in [-0.3, -0.25) is 10.1 Å². The number of ether oxygens (including phenoxy) is 3. The Kier molecular flexibility index (Phi) is 10.7. The molecule has 51 heavy (non-hydrogen) atoms. The summed E-state index contributed by atoms with van der Waals surface area (Å²) in [6.07, 6.45) is 9.87. The summed E-state index contributed by atoms with van der Waals surface area (Å²) in [5.74, 6) is -0.773. The van der Waals surface area contributed by atoms with Gasteiger partial charge in [-0.15, -0.1) is 0 Å². The topological polar surface area (TPSA) is 196 Å². The number of imidazole rings is 1. The van der Waals surface area contributed by atoms with E-state index in [1.807, 2.05) is 13.0 Å². The Bertz CT molecular complexity index is 1550. The second-order valence-corrected chi connectivity index (χ2v) is 15.4. The third-order valence-electron chi connectivity index (χ3n) is 12.6. The Morgan fingerprint density at radius 1 is 1.18 bits per heavy atom. The molecule has 1 aromatic heterocycles. The number of nitrogens with one attached hydrogen (secondary N) is 1. The van der Waals surface area contributed by atoms with Crippen molar-refractivity contribution in [3.05, 3.63) is 46.3 Å². The molecule has 15 nitrogen and oxygen atoms in total. The first-order valence-corrected chi connectivity index (χ1v) is 18.2. The second kappa shape index (κ2) is 14.8. The molecule has 0 bridgehead atoms. The van der Waals surface area contributed by atoms with E-state index in [0.717, 1.165) is 44.3 Å². The maximum atomic E-state index is 14.1. The second-order valence-electron chi connectivity index (χ2n) is 15.4. The normalized spacial score (nSPS) is 34.1. The highest BCUT2D eigenvalue weighted by atomic mass is 16.7. The number of fused-ring (bicyclic) bond motifs is 5. The van der Waals surface area contributed by atoms with Crippen LogP contribution in [0.2, 0.25) is 0 Å². The molecule has 4 fully saturated rings. The van der Waals surface area contributed by atoms with Crippen molar-refractivity contribution >= 4 is 23.9 Å². The summed E-state index contributed by atoms with van der Waals surface area (Å²) in [6.45, 7) is 8.28. The van der Waals surface area contributed by atoms with E-state index in [4.69, 9.17) is 14.2 Å². The van der Waals surface area contributed by atoms with Crippen molar-refractivity contribution in [2.75, 3.05) is 39.5 Å². The summed E-state index contributed by atoms with van der Waals surface area (Å²) in [5.41, 5.74) is -1.95. The Hall–Kier alpha value is -3.66. The lowest BCUT2D eigenvalue weighted by molar-refractivity contribution is -0.397. The number of nitrogens with zero attached hydrogens (tertiary/aromatic N) is 4. The van der Waals surface area contributed by atoms with Crippen LogP contribution in [0.5, 0.6) is 0 Å². The van der Waals surface area contributed by atoms with Gasteiger partial charge in [0.1, 0.15) is 19.1 Å². The number of aliphatic hydroxyl groups excluding tert-OH is 2. The van der Waals surface area contributed by atoms with E-state index in [9.17, 15) is 34.7 Å². The number of esters is 1. The minimum atomic E-state index is -1.63. The smallest absolute Gasteiger partial charge is 0.447 e. The number of aliphatic hydroxyl groups is 2. The van der Waals surface area contributed by atoms with Gasteiger partial charge in [0.25, 0.3) is 0 Å². The van der Waals surface area contributed by atoms with Crippen molar-refractivity contribution in [2.45, 2.75) is 90.1 Å². The van der Waals surface area contributed by atoms with Crippen molar-refractivity contribution < 1.29 is 43.7 Å². The minimum Gasteiger partial charge on any atom is -0.447 e. The highest BCUT2D eigenvalue weighted by molar-refractivity contribution is 6.01. The molecule has 3 N–H and O–H groups in total. The molecule has 1 aliphatic heterocycles. The number of β-amino-alcohol motifs (C(OH)–C–C–N with tert-alkyl or cyclic N) is 1. The lowest BCUT2D eigenvalue weighted by Crippen LogP contribution is -2.63. The van der Waals surface area contributed by atoms with Crippen LogP contribution in [-0.2, 0) is 30.3 Å². The first-order chi connectivity index (χ1) is 24.3. The van der Waals surface area contributed by atoms with Crippen molar-refractivity contribution in [3.8, 4) is 0 Å². The average molecular weight is 714 g/mol. The molecule has 0 radical (unpaired) electrons. The van der Waals surface area contributed by atoms with E-state index in [0.29, 0.717) is 25.4 Å². The van der Waals surface area contributed by atoms with Gasteiger partial charge in [-0.2, -0.15) is 0 Å². The third kappa shape index (κ3) is 6.97. The summed E-state index contributed by atoms with van der Waals surface area (Å²) in [6, 6.07) is 0. The lowest BCUT2D eigenvalue weighted by Gasteiger charge is -2.59. The lowest BCUT2D eigenvalue weighted by atomic mass is 9.46. The summed E-state index contributed by atoms with van der Waals surface area (Å²) >= 11 is 0. The van der Waals surface area contributed by atoms with Crippen LogP contribution < -0.4 is 5.32 Å². The molecule has 280 valence electrons. The molecule has 1 saturated heterocycles. The molecule has 15 heteroatoms. The summed E-state index contributed by atoms with van der Waals surface area (Å²) in [7, 11) is 0. The Labute approximate surface area is 297 Å². The minimum absolute atomic E-state index is 0.0241. The zero-order valence-electron chi connectivity index (χ0n) is 29.7. The maximum absolute atomic E-state index is 14.1. The van der Waals surface area contributed by atoms with E-state index in [1.165, 1.54) is 17.0 Å². The molecular weight excluding hydrogens is 662 g/mol. The van der Waals surface area contributed by atoms with Crippen LogP contribution in [0.25, 0.3) is 0 Å². The number of allylic oxidation sites excluding steroid dienone is 4. The van der Waals surface area contributed by atoms with Gasteiger partial charge in [-0.25, -0.2) is 14.2 Å². The number of likely N-dealkylation sites (tertiary alicyclic amines) is 1. The zero-order valence-corrected chi connectivity index (χ0v) is 29.7. The van der Waals surface area contributed by atoms with Gasteiger partial charge < -0.3 is 39.4 Å². The standard InChI is InChI=1S/C36H51N5O10/c1-4-49-33(46)51-36(12-8-28-27-6-5-24-17-25(42)7-11-34(24,2)30(27)29(44)18-35(28,36)3)31(45)50-22-37-19-23-9-14-39(15-10-23)20-26(43)21-40-16-13-38-32(40)41(47)48/h7,11,13,16-17,23,26-30,37,43-44H,4-6,8-10,12,14-15,18-22H2,1-3H3/t26?,27-,28-,29-,30+,34-,35-,36?/m1/s1. The van der Waals surface area contributed by atoms with Gasteiger partial charge in [-0.1, -0.05) is 30.5 Å². The highest BCUT2D eigenvalue weighted by Gasteiger charge is 2.71. The molecule has 5 aliphatic rings. The van der Waals surface area contributed by atoms with Gasteiger partial charge in [0.2, 0.25) is 5.60 Å². The largest absolute Gasteiger partial charge is 0.509 e. The fraction of sp³-hybridized carbons (Fsp3) is 0.722. The van der Waals surface area contributed by atoms with E-state index in [-0.39, 0.29) is 62.2 Å². The van der Waals surface area contributed by atoms with E-state index in [2.05, 4.69) is 22.1 Å². The predicted octanol–water partition coefficient (Wildman–Crippen LogP) is 3.15. The molecule has 0 amide bonds. The van der Waals surface area contributed by atoms with Crippen LogP contribution in [0.4, 0.5) is 10.7 Å². The number of hydrogen-bond donors (Lipinski definition) is 3. The van der Waals surface area contributed by atoms with E-state index in [1.54, 1.807) is 19.1 Å². The zero-order chi connectivity index (χ0) is 36.6. The van der Waals surface area contributed by atoms with Gasteiger partial charge in [0.05, 0.1) is 25.4 Å². The first kappa shape index (κ1) is 37.1. The van der Waals surface area contributed by atoms with Crippen LogP contribution in [0, 0.1) is 44.6 Å². The number of carbonyl (C=O) groups is 3. The third-order valence-corrected chi connectivity index (χ3v) is 12.6. The summed E-state index contributed by atoms with van der Waals surface area (Å²) in [5, 5.41) is 36.7. The number of piperidine rings is 1. The SMILES string of the molecule is CCOC(=O)OC1(C(=O)OCNCC2CCN(CC(O)Cn3ccnc3[N+](=O)[O-])CC2)CC[C@@H]2[C@H]3CCC4=CC(=O)C=C[C@@]4(C)[C@@H]3[C@H](O)C[C@]21C. The van der Waals surface area contributed by atoms with Crippen LogP contribution in [0.3, 0.4) is 0 Å². The number of ketones is 1. The highest BCUT2D eigenvalue weighted by Crippen LogP contribution is 2.68. The van der Waals surface area contributed by atoms with Gasteiger partial charge in [-0.05, 0) is 99.8 Å². The molecule has 6 rings (SSSR count). The van der Waals surface area contributed by atoms with Gasteiger partial charge in [0.15, 0.2) is 5.78 Å². The van der Waals surface area contributed by atoms with Crippen LogP contribution in [0.15, 0.2) is 36.2 Å². The molecular formula is C36H51N5O10. The number of nitro groups is 1. The molecule has 4 aliphatic carbocycles. The number of rotatable bonds is 12. The summed E-state index contributed by atoms with van der Waals surface area (Å²) < 4.78 is 18.3. The van der Waals surface area contributed by atoms with Crippen molar-refractivity contribution in [2.24, 2.45) is 34.5 Å². The molecule has 2 unspecified atom stereocenters. The predicted molar refractivity (Wildman–Crippen MR) is 182 cm³/mol. The van der Waals surface area contributed by atoms with Crippen LogP contribution >= 0.6 is 0 Å². The Morgan fingerprint density at radius 3 is 2.67 bits per heavy atom. The van der Waals surface area contributed by atoms with Crippen molar-refractivity contribution in [1.29, 1.82) is 0 Å². The van der Waals surface area contributed by atoms with Crippen LogP contribution in [-0.4, -0.2) is 105 Å². The molecule has 1 aromatic rings. The average Bonchev–Trinajstić information content (AvgIpc) is 3.66. The van der Waals surface area contributed by atoms with E-state index < -0.39 is 45.7 Å². The molecule has 2 heterocycles. The maximum Gasteiger partial charge on any atom is 0.509 e. The quantitative estimate of drug-likeness (QED) is 0.0941. The fourth-order valence-corrected chi connectivity index (χ4v) is 10.2. The van der Waals surface area contributed by atoms with Gasteiger partial charge >= 0.3 is 18.1 Å². The van der Waals surface area contributed by atoms with Crippen molar-refractivity contribution in [3.63, 3.8) is 0 Å². The Morgan fingerprint density at radius 2 is 1.94 bits per heavy atom. The van der Waals surface area contributed by atoms with Gasteiger partial charge in [0, 0.05) is 29.8 Å². The number of aromatic nitrogens is 2.